The van der Waals surface area contributed by atoms with Crippen LogP contribution in [0.25, 0.3) is 0 Å². The Bertz CT molecular complexity index is 1000. The van der Waals surface area contributed by atoms with Gasteiger partial charge in [0.15, 0.2) is 0 Å². The Labute approximate surface area is 179 Å². The van der Waals surface area contributed by atoms with Crippen LogP contribution in [0.3, 0.4) is 0 Å². The zero-order valence-electron chi connectivity index (χ0n) is 17.1. The Balaban J connectivity index is 1.43. The normalized spacial score (nSPS) is 18.5. The summed E-state index contributed by atoms with van der Waals surface area (Å²) in [6.07, 6.45) is -1.09. The molecule has 0 bridgehead atoms. The van der Waals surface area contributed by atoms with Crippen molar-refractivity contribution in [2.75, 3.05) is 36.1 Å². The summed E-state index contributed by atoms with van der Waals surface area (Å²) in [4.78, 5) is 40.3. The predicted molar refractivity (Wildman–Crippen MR) is 112 cm³/mol. The van der Waals surface area contributed by atoms with Gasteiger partial charge in [-0.3, -0.25) is 14.5 Å². The molecule has 2 heterocycles. The van der Waals surface area contributed by atoms with Crippen LogP contribution < -0.4 is 15.1 Å². The molecular weight excluding hydrogens is 403 g/mol. The number of hydrogen-bond donors (Lipinski definition) is 1. The van der Waals surface area contributed by atoms with E-state index in [4.69, 9.17) is 4.74 Å². The fourth-order valence-electron chi connectivity index (χ4n) is 3.72. The van der Waals surface area contributed by atoms with Crippen molar-refractivity contribution in [3.8, 4) is 0 Å². The lowest BCUT2D eigenvalue weighted by Crippen LogP contribution is -2.33. The molecule has 2 fully saturated rings. The van der Waals surface area contributed by atoms with E-state index in [1.165, 1.54) is 17.9 Å². The molecule has 9 heteroatoms. The van der Waals surface area contributed by atoms with Gasteiger partial charge in [-0.2, -0.15) is 0 Å². The van der Waals surface area contributed by atoms with Crippen molar-refractivity contribution in [2.45, 2.75) is 19.6 Å². The number of nitrogens with zero attached hydrogens (tertiary/aromatic N) is 3. The van der Waals surface area contributed by atoms with Crippen molar-refractivity contribution in [1.82, 2.24) is 10.2 Å². The summed E-state index contributed by atoms with van der Waals surface area (Å²) in [5, 5.41) is 2.60. The third-order valence-corrected chi connectivity index (χ3v) is 5.27. The van der Waals surface area contributed by atoms with Crippen LogP contribution in [-0.4, -0.2) is 55.2 Å². The van der Waals surface area contributed by atoms with Gasteiger partial charge in [-0.25, -0.2) is 9.18 Å². The topological polar surface area (TPSA) is 82.2 Å². The van der Waals surface area contributed by atoms with Gasteiger partial charge in [0.2, 0.25) is 11.8 Å². The number of carbonyl (C=O) groups is 3. The fourth-order valence-corrected chi connectivity index (χ4v) is 3.72. The number of rotatable bonds is 6. The van der Waals surface area contributed by atoms with Gasteiger partial charge in [0.25, 0.3) is 0 Å². The Morgan fingerprint density at radius 1 is 1.19 bits per heavy atom. The molecule has 8 nitrogen and oxygen atoms in total. The molecule has 1 N–H and O–H groups in total. The molecule has 0 spiro atoms. The van der Waals surface area contributed by atoms with Gasteiger partial charge in [0.1, 0.15) is 11.9 Å². The molecule has 0 aliphatic carbocycles. The molecule has 2 aliphatic rings. The lowest BCUT2D eigenvalue weighted by Gasteiger charge is -2.21. The summed E-state index contributed by atoms with van der Waals surface area (Å²) in [5.41, 5.74) is 1.67. The third kappa shape index (κ3) is 4.60. The standard InChI is InChI=1S/C22H23FN4O4/c1-15(28)24-10-18-12-27(22(30)31-18)17-7-8-20(19(23)9-17)25-13-21(29)26(14-25)11-16-5-3-2-4-6-16/h2-9,18H,10-14H2,1H3,(H,24,28). The Morgan fingerprint density at radius 2 is 1.97 bits per heavy atom. The van der Waals surface area contributed by atoms with E-state index in [1.807, 2.05) is 30.3 Å². The third-order valence-electron chi connectivity index (χ3n) is 5.27. The highest BCUT2D eigenvalue weighted by Gasteiger charge is 2.34. The molecule has 162 valence electrons. The Morgan fingerprint density at radius 3 is 2.68 bits per heavy atom. The van der Waals surface area contributed by atoms with Crippen LogP contribution in [0, 0.1) is 5.82 Å². The van der Waals surface area contributed by atoms with Crippen LogP contribution in [-0.2, 0) is 20.9 Å². The number of benzene rings is 2. The highest BCUT2D eigenvalue weighted by atomic mass is 19.1. The highest BCUT2D eigenvalue weighted by molar-refractivity contribution is 5.90. The molecule has 2 aromatic carbocycles. The summed E-state index contributed by atoms with van der Waals surface area (Å²) in [5.74, 6) is -0.812. The highest BCUT2D eigenvalue weighted by Crippen LogP contribution is 2.29. The lowest BCUT2D eigenvalue weighted by atomic mass is 10.2. The van der Waals surface area contributed by atoms with Gasteiger partial charge in [-0.05, 0) is 23.8 Å². The number of cyclic esters (lactones) is 1. The molecule has 3 amide bonds. The minimum atomic E-state index is -0.590. The van der Waals surface area contributed by atoms with Crippen molar-refractivity contribution in [3.63, 3.8) is 0 Å². The first-order valence-electron chi connectivity index (χ1n) is 9.99. The minimum absolute atomic E-state index is 0.0729. The number of carbonyl (C=O) groups excluding carboxylic acids is 3. The number of anilines is 2. The van der Waals surface area contributed by atoms with Gasteiger partial charge in [-0.1, -0.05) is 30.3 Å². The number of amides is 3. The smallest absolute Gasteiger partial charge is 0.414 e. The van der Waals surface area contributed by atoms with Crippen molar-refractivity contribution >= 4 is 29.3 Å². The zero-order valence-corrected chi connectivity index (χ0v) is 17.1. The number of hydrogen-bond acceptors (Lipinski definition) is 5. The van der Waals surface area contributed by atoms with Crippen molar-refractivity contribution in [2.24, 2.45) is 0 Å². The quantitative estimate of drug-likeness (QED) is 0.765. The van der Waals surface area contributed by atoms with Crippen molar-refractivity contribution in [3.05, 3.63) is 59.9 Å². The van der Waals surface area contributed by atoms with Crippen LogP contribution in [0.1, 0.15) is 12.5 Å². The minimum Gasteiger partial charge on any atom is -0.442 e. The predicted octanol–water partition coefficient (Wildman–Crippen LogP) is 2.09. The second-order valence-electron chi connectivity index (χ2n) is 7.61. The first-order chi connectivity index (χ1) is 14.9. The summed E-state index contributed by atoms with van der Waals surface area (Å²) >= 11 is 0. The zero-order chi connectivity index (χ0) is 22.0. The maximum atomic E-state index is 14.9. The van der Waals surface area contributed by atoms with Gasteiger partial charge in [-0.15, -0.1) is 0 Å². The van der Waals surface area contributed by atoms with E-state index in [-0.39, 0.29) is 38.1 Å². The summed E-state index contributed by atoms with van der Waals surface area (Å²) in [6, 6.07) is 14.1. The second-order valence-corrected chi connectivity index (χ2v) is 7.61. The molecule has 2 saturated heterocycles. The Hall–Kier alpha value is -3.62. The van der Waals surface area contributed by atoms with Gasteiger partial charge in [0, 0.05) is 13.5 Å². The summed E-state index contributed by atoms with van der Waals surface area (Å²) < 4.78 is 20.1. The average Bonchev–Trinajstić information content (AvgIpc) is 3.29. The first-order valence-corrected chi connectivity index (χ1v) is 9.99. The molecule has 0 aromatic heterocycles. The van der Waals surface area contributed by atoms with Crippen LogP contribution >= 0.6 is 0 Å². The maximum Gasteiger partial charge on any atom is 0.414 e. The van der Waals surface area contributed by atoms with Gasteiger partial charge >= 0.3 is 6.09 Å². The molecule has 1 unspecified atom stereocenters. The largest absolute Gasteiger partial charge is 0.442 e. The number of halogens is 1. The van der Waals surface area contributed by atoms with E-state index >= 15 is 0 Å². The molecule has 0 radical (unpaired) electrons. The summed E-state index contributed by atoms with van der Waals surface area (Å²) in [6.45, 7) is 2.64. The first kappa shape index (κ1) is 20.6. The number of nitrogens with one attached hydrogen (secondary N) is 1. The number of ether oxygens (including phenoxy) is 1. The van der Waals surface area contributed by atoms with Crippen LogP contribution in [0.15, 0.2) is 48.5 Å². The van der Waals surface area contributed by atoms with Crippen LogP contribution in [0.2, 0.25) is 0 Å². The van der Waals surface area contributed by atoms with E-state index in [0.717, 1.165) is 5.56 Å². The molecule has 31 heavy (non-hydrogen) atoms. The molecule has 0 saturated carbocycles. The molecular formula is C22H23FN4O4. The van der Waals surface area contributed by atoms with Crippen molar-refractivity contribution < 1.29 is 23.5 Å². The molecule has 2 aliphatic heterocycles. The lowest BCUT2D eigenvalue weighted by molar-refractivity contribution is -0.127. The van der Waals surface area contributed by atoms with Crippen molar-refractivity contribution in [1.29, 1.82) is 0 Å². The monoisotopic (exact) mass is 426 g/mol. The summed E-state index contributed by atoms with van der Waals surface area (Å²) in [7, 11) is 0. The fraction of sp³-hybridized carbons (Fsp3) is 0.318. The molecule has 4 rings (SSSR count). The van der Waals surface area contributed by atoms with E-state index in [0.29, 0.717) is 17.9 Å². The SMILES string of the molecule is CC(=O)NCC1CN(c2ccc(N3CC(=O)N(Cc4ccccc4)C3)c(F)c2)C(=O)O1. The second kappa shape index (κ2) is 8.63. The van der Waals surface area contributed by atoms with Crippen LogP contribution in [0.5, 0.6) is 0 Å². The van der Waals surface area contributed by atoms with E-state index in [9.17, 15) is 18.8 Å². The van der Waals surface area contributed by atoms with E-state index in [1.54, 1.807) is 21.9 Å². The van der Waals surface area contributed by atoms with Gasteiger partial charge < -0.3 is 19.9 Å². The maximum absolute atomic E-state index is 14.9. The molecule has 1 atom stereocenters. The molecule has 2 aromatic rings. The van der Waals surface area contributed by atoms with E-state index < -0.39 is 18.0 Å². The average molecular weight is 426 g/mol. The van der Waals surface area contributed by atoms with E-state index in [2.05, 4.69) is 5.32 Å². The van der Waals surface area contributed by atoms with Crippen LogP contribution in [0.4, 0.5) is 20.6 Å². The Kier molecular flexibility index (Phi) is 5.75. The van der Waals surface area contributed by atoms with Gasteiger partial charge in [0.05, 0.1) is 37.7 Å².